The van der Waals surface area contributed by atoms with Crippen molar-refractivity contribution in [1.82, 2.24) is 9.97 Å². The molecule has 0 unspecified atom stereocenters. The van der Waals surface area contributed by atoms with E-state index in [9.17, 15) is 9.59 Å². The summed E-state index contributed by atoms with van der Waals surface area (Å²) in [6, 6.07) is 21.9. The average Bonchev–Trinajstić information content (AvgIpc) is 2.80. The number of carbonyl (C=O) groups excluding carboxylic acids is 2. The molecule has 1 N–H and O–H groups in total. The number of para-hydroxylation sites is 2. The number of hydrogen-bond donors (Lipinski definition) is 1. The molecule has 4 aromatic rings. The number of benzene rings is 2. The van der Waals surface area contributed by atoms with Crippen molar-refractivity contribution in [2.45, 2.75) is 6.92 Å². The van der Waals surface area contributed by atoms with Gasteiger partial charge in [0.25, 0.3) is 11.8 Å². The molecule has 0 spiro atoms. The van der Waals surface area contributed by atoms with Crippen molar-refractivity contribution < 1.29 is 9.59 Å². The SMILES string of the molecule is CCN(C(=O)c1ccnc(C(=O)Nc2cccc3cccnc23)c1)c1ccccc1. The fourth-order valence-corrected chi connectivity index (χ4v) is 3.29. The van der Waals surface area contributed by atoms with E-state index in [0.29, 0.717) is 23.3 Å². The maximum atomic E-state index is 13.0. The maximum Gasteiger partial charge on any atom is 0.274 e. The molecule has 6 nitrogen and oxygen atoms in total. The first-order chi connectivity index (χ1) is 14.7. The van der Waals surface area contributed by atoms with E-state index in [2.05, 4.69) is 15.3 Å². The number of rotatable bonds is 5. The summed E-state index contributed by atoms with van der Waals surface area (Å²) >= 11 is 0. The van der Waals surface area contributed by atoms with E-state index in [-0.39, 0.29) is 11.6 Å². The topological polar surface area (TPSA) is 75.2 Å². The quantitative estimate of drug-likeness (QED) is 0.537. The molecule has 0 saturated carbocycles. The fraction of sp³-hybridized carbons (Fsp3) is 0.0833. The lowest BCUT2D eigenvalue weighted by atomic mass is 10.1. The Kier molecular flexibility index (Phi) is 5.48. The highest BCUT2D eigenvalue weighted by Gasteiger charge is 2.18. The molecule has 0 fully saturated rings. The number of fused-ring (bicyclic) bond motifs is 1. The number of carbonyl (C=O) groups is 2. The zero-order chi connectivity index (χ0) is 20.9. The fourth-order valence-electron chi connectivity index (χ4n) is 3.29. The molecule has 2 heterocycles. The zero-order valence-electron chi connectivity index (χ0n) is 16.4. The summed E-state index contributed by atoms with van der Waals surface area (Å²) in [5.74, 6) is -0.586. The van der Waals surface area contributed by atoms with Crippen LogP contribution in [0.2, 0.25) is 0 Å². The molecular weight excluding hydrogens is 376 g/mol. The summed E-state index contributed by atoms with van der Waals surface area (Å²) in [5.41, 5.74) is 2.65. The summed E-state index contributed by atoms with van der Waals surface area (Å²) in [5, 5.41) is 3.78. The number of hydrogen-bond acceptors (Lipinski definition) is 4. The number of pyridine rings is 2. The van der Waals surface area contributed by atoms with Crippen LogP contribution in [0.3, 0.4) is 0 Å². The second-order valence-corrected chi connectivity index (χ2v) is 6.65. The predicted molar refractivity (Wildman–Crippen MR) is 118 cm³/mol. The van der Waals surface area contributed by atoms with Crippen LogP contribution in [0.1, 0.15) is 27.8 Å². The molecule has 4 rings (SSSR count). The molecule has 2 aromatic heterocycles. The molecule has 0 aliphatic carbocycles. The lowest BCUT2D eigenvalue weighted by Gasteiger charge is -2.21. The molecule has 148 valence electrons. The van der Waals surface area contributed by atoms with E-state index in [4.69, 9.17) is 0 Å². The van der Waals surface area contributed by atoms with Gasteiger partial charge in [0.2, 0.25) is 0 Å². The third kappa shape index (κ3) is 3.89. The smallest absolute Gasteiger partial charge is 0.274 e. The summed E-state index contributed by atoms with van der Waals surface area (Å²) < 4.78 is 0. The number of nitrogens with zero attached hydrogens (tertiary/aromatic N) is 3. The number of nitrogens with one attached hydrogen (secondary N) is 1. The molecule has 2 amide bonds. The second-order valence-electron chi connectivity index (χ2n) is 6.65. The summed E-state index contributed by atoms with van der Waals surface area (Å²) in [6.45, 7) is 2.42. The van der Waals surface area contributed by atoms with Crippen LogP contribution in [-0.4, -0.2) is 28.3 Å². The van der Waals surface area contributed by atoms with Gasteiger partial charge in [0, 0.05) is 35.6 Å². The van der Waals surface area contributed by atoms with Gasteiger partial charge in [-0.05, 0) is 43.3 Å². The van der Waals surface area contributed by atoms with Gasteiger partial charge in [0.1, 0.15) is 5.69 Å². The monoisotopic (exact) mass is 396 g/mol. The van der Waals surface area contributed by atoms with Gasteiger partial charge < -0.3 is 10.2 Å². The van der Waals surface area contributed by atoms with E-state index in [1.807, 2.05) is 61.5 Å². The highest BCUT2D eigenvalue weighted by atomic mass is 16.2. The molecule has 0 saturated heterocycles. The third-order valence-corrected chi connectivity index (χ3v) is 4.75. The average molecular weight is 396 g/mol. The van der Waals surface area contributed by atoms with Crippen molar-refractivity contribution in [3.05, 3.63) is 96.4 Å². The Hall–Kier alpha value is -4.06. The van der Waals surface area contributed by atoms with Gasteiger partial charge in [-0.3, -0.25) is 19.6 Å². The van der Waals surface area contributed by atoms with Gasteiger partial charge >= 0.3 is 0 Å². The first-order valence-electron chi connectivity index (χ1n) is 9.65. The third-order valence-electron chi connectivity index (χ3n) is 4.75. The van der Waals surface area contributed by atoms with Crippen LogP contribution in [-0.2, 0) is 0 Å². The molecule has 0 bridgehead atoms. The largest absolute Gasteiger partial charge is 0.319 e. The van der Waals surface area contributed by atoms with E-state index in [1.165, 1.54) is 12.3 Å². The molecular formula is C24H20N4O2. The Bertz CT molecular complexity index is 1200. The maximum absolute atomic E-state index is 13.0. The Morgan fingerprint density at radius 1 is 0.900 bits per heavy atom. The zero-order valence-corrected chi connectivity index (χ0v) is 16.4. The van der Waals surface area contributed by atoms with Gasteiger partial charge in [-0.1, -0.05) is 36.4 Å². The van der Waals surface area contributed by atoms with Crippen molar-refractivity contribution in [2.24, 2.45) is 0 Å². The van der Waals surface area contributed by atoms with Gasteiger partial charge in [-0.15, -0.1) is 0 Å². The van der Waals surface area contributed by atoms with Crippen LogP contribution in [0, 0.1) is 0 Å². The van der Waals surface area contributed by atoms with Crippen LogP contribution in [0.25, 0.3) is 10.9 Å². The van der Waals surface area contributed by atoms with Crippen molar-refractivity contribution in [3.8, 4) is 0 Å². The number of anilines is 2. The number of amides is 2. The highest BCUT2D eigenvalue weighted by molar-refractivity contribution is 6.10. The van der Waals surface area contributed by atoms with E-state index >= 15 is 0 Å². The van der Waals surface area contributed by atoms with Crippen LogP contribution in [0.15, 0.2) is 85.2 Å². The highest BCUT2D eigenvalue weighted by Crippen LogP contribution is 2.21. The Morgan fingerprint density at radius 2 is 1.70 bits per heavy atom. The minimum absolute atomic E-state index is 0.165. The minimum atomic E-state index is -0.398. The Balaban J connectivity index is 1.59. The molecule has 6 heteroatoms. The standard InChI is InChI=1S/C24H20N4O2/c1-2-28(19-10-4-3-5-11-19)24(30)18-13-15-25-21(16-18)23(29)27-20-12-6-8-17-9-7-14-26-22(17)20/h3-16H,2H2,1H3,(H,27,29). The summed E-state index contributed by atoms with van der Waals surface area (Å²) in [6.07, 6.45) is 3.15. The van der Waals surface area contributed by atoms with Crippen molar-refractivity contribution >= 4 is 34.1 Å². The lowest BCUT2D eigenvalue weighted by molar-refractivity contribution is 0.0988. The summed E-state index contributed by atoms with van der Waals surface area (Å²) in [7, 11) is 0. The lowest BCUT2D eigenvalue weighted by Crippen LogP contribution is -2.30. The van der Waals surface area contributed by atoms with Crippen LogP contribution in [0.5, 0.6) is 0 Å². The minimum Gasteiger partial charge on any atom is -0.319 e. The first kappa shape index (κ1) is 19.3. The second kappa shape index (κ2) is 8.53. The van der Waals surface area contributed by atoms with Crippen molar-refractivity contribution in [2.75, 3.05) is 16.8 Å². The molecule has 30 heavy (non-hydrogen) atoms. The van der Waals surface area contributed by atoms with Crippen LogP contribution >= 0.6 is 0 Å². The Labute approximate surface area is 174 Å². The molecule has 2 aromatic carbocycles. The van der Waals surface area contributed by atoms with E-state index in [1.54, 1.807) is 23.2 Å². The van der Waals surface area contributed by atoms with E-state index in [0.717, 1.165) is 11.1 Å². The summed E-state index contributed by atoms with van der Waals surface area (Å²) in [4.78, 5) is 36.0. The molecule has 0 aliphatic heterocycles. The van der Waals surface area contributed by atoms with Crippen molar-refractivity contribution in [3.63, 3.8) is 0 Å². The predicted octanol–water partition coefficient (Wildman–Crippen LogP) is 4.55. The van der Waals surface area contributed by atoms with Crippen molar-refractivity contribution in [1.29, 1.82) is 0 Å². The van der Waals surface area contributed by atoms with Crippen LogP contribution < -0.4 is 10.2 Å². The van der Waals surface area contributed by atoms with E-state index < -0.39 is 5.91 Å². The van der Waals surface area contributed by atoms with Gasteiger partial charge in [0.15, 0.2) is 0 Å². The van der Waals surface area contributed by atoms with Gasteiger partial charge in [0.05, 0.1) is 11.2 Å². The molecule has 0 radical (unpaired) electrons. The normalized spacial score (nSPS) is 10.6. The van der Waals surface area contributed by atoms with Crippen LogP contribution in [0.4, 0.5) is 11.4 Å². The first-order valence-corrected chi connectivity index (χ1v) is 9.65. The Morgan fingerprint density at radius 3 is 2.50 bits per heavy atom. The number of aromatic nitrogens is 2. The molecule has 0 atom stereocenters. The van der Waals surface area contributed by atoms with Gasteiger partial charge in [-0.25, -0.2) is 0 Å². The van der Waals surface area contributed by atoms with Gasteiger partial charge in [-0.2, -0.15) is 0 Å². The molecule has 0 aliphatic rings.